The summed E-state index contributed by atoms with van der Waals surface area (Å²) in [5, 5.41) is 6.38. The summed E-state index contributed by atoms with van der Waals surface area (Å²) < 4.78 is 0. The lowest BCUT2D eigenvalue weighted by molar-refractivity contribution is -0.126. The summed E-state index contributed by atoms with van der Waals surface area (Å²) in [5.41, 5.74) is 0. The smallest absolute Gasteiger partial charge is 0.237 e. The molecule has 2 N–H and O–H groups in total. The average molecular weight is 253 g/mol. The summed E-state index contributed by atoms with van der Waals surface area (Å²) in [6.07, 6.45) is 5.05. The largest absolute Gasteiger partial charge is 0.355 e. The summed E-state index contributed by atoms with van der Waals surface area (Å²) in [7, 11) is 0. The fourth-order valence-electron chi connectivity index (χ4n) is 3.50. The second-order valence-corrected chi connectivity index (χ2v) is 5.61. The van der Waals surface area contributed by atoms with E-state index in [1.807, 2.05) is 6.92 Å². The van der Waals surface area contributed by atoms with Crippen LogP contribution in [0.1, 0.15) is 39.5 Å². The molecule has 2 unspecified atom stereocenters. The van der Waals surface area contributed by atoms with Gasteiger partial charge in [-0.1, -0.05) is 0 Å². The molecule has 0 aliphatic carbocycles. The van der Waals surface area contributed by atoms with E-state index in [4.69, 9.17) is 0 Å². The van der Waals surface area contributed by atoms with Gasteiger partial charge in [-0.25, -0.2) is 0 Å². The molecule has 4 nitrogen and oxygen atoms in total. The Balaban J connectivity index is 1.95. The second-order valence-electron chi connectivity index (χ2n) is 5.61. The number of hydrogen-bond acceptors (Lipinski definition) is 3. The molecule has 0 aromatic rings. The van der Waals surface area contributed by atoms with Crippen molar-refractivity contribution in [1.29, 1.82) is 0 Å². The molecule has 2 heterocycles. The van der Waals surface area contributed by atoms with Crippen LogP contribution in [0.2, 0.25) is 0 Å². The second kappa shape index (κ2) is 6.53. The lowest BCUT2D eigenvalue weighted by Crippen LogP contribution is -2.50. The van der Waals surface area contributed by atoms with Crippen molar-refractivity contribution in [2.75, 3.05) is 26.2 Å². The number of hydrogen-bond donors (Lipinski definition) is 2. The summed E-state index contributed by atoms with van der Waals surface area (Å²) >= 11 is 0. The first kappa shape index (κ1) is 13.8. The third-order valence-corrected chi connectivity index (χ3v) is 4.50. The van der Waals surface area contributed by atoms with E-state index in [-0.39, 0.29) is 11.9 Å². The van der Waals surface area contributed by atoms with Gasteiger partial charge < -0.3 is 10.6 Å². The SMILES string of the molecule is CCNC(=O)C(C)N1CCCC1C1CCNCC1. The molecule has 0 radical (unpaired) electrons. The van der Waals surface area contributed by atoms with Crippen molar-refractivity contribution in [3.8, 4) is 0 Å². The molecule has 2 fully saturated rings. The van der Waals surface area contributed by atoms with Crippen LogP contribution in [0.3, 0.4) is 0 Å². The first-order valence-corrected chi connectivity index (χ1v) is 7.48. The van der Waals surface area contributed by atoms with Crippen LogP contribution in [0.5, 0.6) is 0 Å². The Morgan fingerprint density at radius 2 is 2.11 bits per heavy atom. The number of amides is 1. The first-order chi connectivity index (χ1) is 8.74. The van der Waals surface area contributed by atoms with Crippen molar-refractivity contribution in [2.24, 2.45) is 5.92 Å². The lowest BCUT2D eigenvalue weighted by atomic mass is 9.88. The highest BCUT2D eigenvalue weighted by Crippen LogP contribution is 2.30. The van der Waals surface area contributed by atoms with E-state index in [9.17, 15) is 4.79 Å². The van der Waals surface area contributed by atoms with Gasteiger partial charge in [0.25, 0.3) is 0 Å². The number of nitrogens with zero attached hydrogens (tertiary/aromatic N) is 1. The van der Waals surface area contributed by atoms with Crippen molar-refractivity contribution in [3.63, 3.8) is 0 Å². The minimum atomic E-state index is 0.0346. The maximum Gasteiger partial charge on any atom is 0.237 e. The van der Waals surface area contributed by atoms with E-state index < -0.39 is 0 Å². The van der Waals surface area contributed by atoms with E-state index in [0.29, 0.717) is 6.04 Å². The predicted molar refractivity (Wildman–Crippen MR) is 73.5 cm³/mol. The molecule has 2 aliphatic heterocycles. The van der Waals surface area contributed by atoms with Crippen LogP contribution in [-0.2, 0) is 4.79 Å². The maximum atomic E-state index is 12.0. The van der Waals surface area contributed by atoms with Crippen molar-refractivity contribution in [1.82, 2.24) is 15.5 Å². The standard InChI is InChI=1S/C14H27N3O/c1-3-16-14(18)11(2)17-10-4-5-13(17)12-6-8-15-9-7-12/h11-13,15H,3-10H2,1-2H3,(H,16,18). The van der Waals surface area contributed by atoms with Gasteiger partial charge in [0, 0.05) is 12.6 Å². The Kier molecular flexibility index (Phi) is 5.01. The Labute approximate surface area is 110 Å². The van der Waals surface area contributed by atoms with Gasteiger partial charge in [0.2, 0.25) is 5.91 Å². The van der Waals surface area contributed by atoms with Gasteiger partial charge in [0.1, 0.15) is 0 Å². The molecule has 0 saturated carbocycles. The molecule has 2 aliphatic rings. The van der Waals surface area contributed by atoms with Crippen LogP contribution in [0.4, 0.5) is 0 Å². The van der Waals surface area contributed by atoms with E-state index in [1.165, 1.54) is 25.7 Å². The van der Waals surface area contributed by atoms with Crippen LogP contribution in [0.25, 0.3) is 0 Å². The quantitative estimate of drug-likeness (QED) is 0.785. The van der Waals surface area contributed by atoms with E-state index in [2.05, 4.69) is 22.5 Å². The Morgan fingerprint density at radius 3 is 2.78 bits per heavy atom. The number of carbonyl (C=O) groups is 1. The Morgan fingerprint density at radius 1 is 1.39 bits per heavy atom. The van der Waals surface area contributed by atoms with Gasteiger partial charge in [-0.05, 0) is 65.1 Å². The number of piperidine rings is 1. The van der Waals surface area contributed by atoms with Crippen molar-refractivity contribution < 1.29 is 4.79 Å². The normalized spacial score (nSPS) is 28.2. The van der Waals surface area contributed by atoms with Crippen LogP contribution in [0.15, 0.2) is 0 Å². The molecule has 0 spiro atoms. The van der Waals surface area contributed by atoms with Gasteiger partial charge in [-0.3, -0.25) is 9.69 Å². The minimum Gasteiger partial charge on any atom is -0.355 e. The van der Waals surface area contributed by atoms with Crippen LogP contribution in [-0.4, -0.2) is 49.1 Å². The highest BCUT2D eigenvalue weighted by Gasteiger charge is 2.36. The average Bonchev–Trinajstić information content (AvgIpc) is 2.88. The molecule has 2 atom stereocenters. The van der Waals surface area contributed by atoms with Crippen LogP contribution >= 0.6 is 0 Å². The molecule has 4 heteroatoms. The number of nitrogens with one attached hydrogen (secondary N) is 2. The van der Waals surface area contributed by atoms with Crippen molar-refractivity contribution in [3.05, 3.63) is 0 Å². The summed E-state index contributed by atoms with van der Waals surface area (Å²) in [6, 6.07) is 0.664. The third kappa shape index (κ3) is 3.04. The van der Waals surface area contributed by atoms with Gasteiger partial charge in [-0.15, -0.1) is 0 Å². The molecule has 0 bridgehead atoms. The molecule has 1 amide bonds. The highest BCUT2D eigenvalue weighted by atomic mass is 16.2. The fraction of sp³-hybridized carbons (Fsp3) is 0.929. The fourth-order valence-corrected chi connectivity index (χ4v) is 3.50. The monoisotopic (exact) mass is 253 g/mol. The number of likely N-dealkylation sites (N-methyl/N-ethyl adjacent to an activating group) is 1. The summed E-state index contributed by atoms with van der Waals surface area (Å²) in [4.78, 5) is 14.4. The minimum absolute atomic E-state index is 0.0346. The number of rotatable bonds is 4. The molecular formula is C14H27N3O. The lowest BCUT2D eigenvalue weighted by Gasteiger charge is -2.37. The first-order valence-electron chi connectivity index (χ1n) is 7.48. The number of likely N-dealkylation sites (tertiary alicyclic amines) is 1. The van der Waals surface area contributed by atoms with E-state index in [0.717, 1.165) is 32.1 Å². The summed E-state index contributed by atoms with van der Waals surface area (Å²) in [5.74, 6) is 0.976. The van der Waals surface area contributed by atoms with E-state index in [1.54, 1.807) is 0 Å². The van der Waals surface area contributed by atoms with Crippen LogP contribution < -0.4 is 10.6 Å². The number of carbonyl (C=O) groups excluding carboxylic acids is 1. The molecule has 2 saturated heterocycles. The van der Waals surface area contributed by atoms with Gasteiger partial charge in [0.05, 0.1) is 6.04 Å². The zero-order chi connectivity index (χ0) is 13.0. The molecule has 0 aromatic heterocycles. The topological polar surface area (TPSA) is 44.4 Å². The maximum absolute atomic E-state index is 12.0. The molecule has 104 valence electrons. The molecular weight excluding hydrogens is 226 g/mol. The Hall–Kier alpha value is -0.610. The zero-order valence-electron chi connectivity index (χ0n) is 11.7. The van der Waals surface area contributed by atoms with Gasteiger partial charge >= 0.3 is 0 Å². The summed E-state index contributed by atoms with van der Waals surface area (Å²) in [6.45, 7) is 8.15. The zero-order valence-corrected chi connectivity index (χ0v) is 11.7. The van der Waals surface area contributed by atoms with Gasteiger partial charge in [0.15, 0.2) is 0 Å². The molecule has 18 heavy (non-hydrogen) atoms. The van der Waals surface area contributed by atoms with Crippen molar-refractivity contribution in [2.45, 2.75) is 51.6 Å². The molecule has 2 rings (SSSR count). The van der Waals surface area contributed by atoms with E-state index >= 15 is 0 Å². The van der Waals surface area contributed by atoms with Crippen LogP contribution in [0, 0.1) is 5.92 Å². The highest BCUT2D eigenvalue weighted by molar-refractivity contribution is 5.81. The van der Waals surface area contributed by atoms with Gasteiger partial charge in [-0.2, -0.15) is 0 Å². The third-order valence-electron chi connectivity index (χ3n) is 4.50. The molecule has 0 aromatic carbocycles. The van der Waals surface area contributed by atoms with Crippen molar-refractivity contribution >= 4 is 5.91 Å². The Bertz CT molecular complexity index is 276. The predicted octanol–water partition coefficient (Wildman–Crippen LogP) is 0.975.